The van der Waals surface area contributed by atoms with E-state index < -0.39 is 22.2 Å². The summed E-state index contributed by atoms with van der Waals surface area (Å²) in [5.74, 6) is 0.328. The van der Waals surface area contributed by atoms with Crippen molar-refractivity contribution in [1.29, 1.82) is 0 Å². The maximum Gasteiger partial charge on any atom is 0.254 e. The molecule has 222 valence electrons. The van der Waals surface area contributed by atoms with Crippen LogP contribution in [0.4, 0.5) is 5.69 Å². The van der Waals surface area contributed by atoms with E-state index in [2.05, 4.69) is 0 Å². The fourth-order valence-electron chi connectivity index (χ4n) is 4.97. The van der Waals surface area contributed by atoms with Gasteiger partial charge in [-0.05, 0) is 66.8 Å². The van der Waals surface area contributed by atoms with E-state index in [1.54, 1.807) is 30.1 Å². The van der Waals surface area contributed by atoms with Crippen molar-refractivity contribution in [2.24, 2.45) is 5.92 Å². The van der Waals surface area contributed by atoms with Crippen molar-refractivity contribution in [3.05, 3.63) is 89.5 Å². The van der Waals surface area contributed by atoms with Crippen LogP contribution in [0.2, 0.25) is 0 Å². The molecule has 0 aliphatic heterocycles. The molecule has 1 amide bonds. The normalized spacial score (nSPS) is 13.2. The number of methoxy groups -OCH3 is 1. The number of aliphatic hydroxyl groups excluding tert-OH is 1. The summed E-state index contributed by atoms with van der Waals surface area (Å²) in [5, 5.41) is 11.7. The molecular formula is C32H43N3O5S. The zero-order valence-corrected chi connectivity index (χ0v) is 25.9. The van der Waals surface area contributed by atoms with E-state index in [1.165, 1.54) is 23.5 Å². The third-order valence-corrected chi connectivity index (χ3v) is 9.07. The molecule has 0 saturated carbocycles. The largest absolute Gasteiger partial charge is 0.497 e. The molecule has 0 radical (unpaired) electrons. The first-order valence-corrected chi connectivity index (χ1v) is 15.2. The number of nitrogens with zero attached hydrogens (tertiary/aromatic N) is 3. The Morgan fingerprint density at radius 2 is 1.54 bits per heavy atom. The first kappa shape index (κ1) is 32.1. The summed E-state index contributed by atoms with van der Waals surface area (Å²) in [7, 11) is 3.11. The number of amides is 1. The summed E-state index contributed by atoms with van der Waals surface area (Å²) in [6.45, 7) is 5.81. The van der Waals surface area contributed by atoms with Crippen molar-refractivity contribution < 1.29 is 23.1 Å². The number of hydrogen-bond acceptors (Lipinski definition) is 6. The Labute approximate surface area is 245 Å². The maximum atomic E-state index is 13.9. The first-order valence-electron chi connectivity index (χ1n) is 13.8. The average Bonchev–Trinajstić information content (AvgIpc) is 2.95. The molecule has 0 aliphatic carbocycles. The molecule has 0 bridgehead atoms. The van der Waals surface area contributed by atoms with Crippen molar-refractivity contribution in [1.82, 2.24) is 9.21 Å². The Bertz CT molecular complexity index is 1390. The lowest BCUT2D eigenvalue weighted by Gasteiger charge is -2.35. The van der Waals surface area contributed by atoms with Gasteiger partial charge in [-0.2, -0.15) is 4.31 Å². The van der Waals surface area contributed by atoms with Gasteiger partial charge in [-0.15, -0.1) is 0 Å². The van der Waals surface area contributed by atoms with Gasteiger partial charge >= 0.3 is 0 Å². The minimum Gasteiger partial charge on any atom is -0.497 e. The predicted molar refractivity (Wildman–Crippen MR) is 164 cm³/mol. The Balaban J connectivity index is 1.98. The van der Waals surface area contributed by atoms with Gasteiger partial charge in [0.1, 0.15) is 5.75 Å². The predicted octanol–water partition coefficient (Wildman–Crippen LogP) is 4.46. The molecule has 3 aromatic carbocycles. The molecule has 8 nitrogen and oxygen atoms in total. The second kappa shape index (κ2) is 14.0. The van der Waals surface area contributed by atoms with Gasteiger partial charge < -0.3 is 19.6 Å². The highest BCUT2D eigenvalue weighted by Gasteiger charge is 2.34. The third-order valence-electron chi connectivity index (χ3n) is 7.22. The molecule has 0 heterocycles. The van der Waals surface area contributed by atoms with E-state index in [-0.39, 0.29) is 29.8 Å². The molecule has 41 heavy (non-hydrogen) atoms. The highest BCUT2D eigenvalue weighted by molar-refractivity contribution is 7.89. The van der Waals surface area contributed by atoms with Gasteiger partial charge in [0, 0.05) is 45.5 Å². The molecule has 0 aliphatic rings. The Morgan fingerprint density at radius 1 is 0.902 bits per heavy atom. The lowest BCUT2D eigenvalue weighted by atomic mass is 9.97. The van der Waals surface area contributed by atoms with E-state index in [4.69, 9.17) is 4.74 Å². The average molecular weight is 582 g/mol. The molecule has 2 atom stereocenters. The molecule has 3 rings (SSSR count). The van der Waals surface area contributed by atoms with Crippen molar-refractivity contribution in [2.75, 3.05) is 46.2 Å². The van der Waals surface area contributed by atoms with Crippen LogP contribution in [0.25, 0.3) is 0 Å². The summed E-state index contributed by atoms with van der Waals surface area (Å²) in [6, 6.07) is 20.7. The maximum absolute atomic E-state index is 13.9. The van der Waals surface area contributed by atoms with Crippen LogP contribution in [-0.2, 0) is 16.4 Å². The summed E-state index contributed by atoms with van der Waals surface area (Å²) in [6.07, 6.45) is -0.803. The fraction of sp³-hybridized carbons (Fsp3) is 0.406. The number of carbonyl (C=O) groups excluding carboxylic acids is 1. The first-order chi connectivity index (χ1) is 19.4. The van der Waals surface area contributed by atoms with E-state index >= 15 is 0 Å². The molecule has 9 heteroatoms. The molecule has 0 aromatic heterocycles. The van der Waals surface area contributed by atoms with Gasteiger partial charge in [0.05, 0.1) is 24.2 Å². The second-order valence-electron chi connectivity index (χ2n) is 11.0. The van der Waals surface area contributed by atoms with Crippen molar-refractivity contribution in [2.45, 2.75) is 44.2 Å². The van der Waals surface area contributed by atoms with Gasteiger partial charge in [-0.1, -0.05) is 50.2 Å². The molecule has 1 N–H and O–H groups in total. The zero-order valence-electron chi connectivity index (χ0n) is 25.1. The quantitative estimate of drug-likeness (QED) is 0.321. The summed E-state index contributed by atoms with van der Waals surface area (Å²) in [5.41, 5.74) is 3.24. The van der Waals surface area contributed by atoms with Gasteiger partial charge in [-0.3, -0.25) is 4.79 Å². The van der Waals surface area contributed by atoms with Crippen LogP contribution in [-0.4, -0.2) is 82.1 Å². The summed E-state index contributed by atoms with van der Waals surface area (Å²) in [4.78, 5) is 17.5. The summed E-state index contributed by atoms with van der Waals surface area (Å²) < 4.78 is 34.0. The molecular weight excluding hydrogens is 538 g/mol. The summed E-state index contributed by atoms with van der Waals surface area (Å²) >= 11 is 0. The Kier molecular flexibility index (Phi) is 11.0. The molecule has 0 spiro atoms. The van der Waals surface area contributed by atoms with Crippen LogP contribution in [0, 0.1) is 12.8 Å². The fourth-order valence-corrected chi connectivity index (χ4v) is 6.59. The number of carbonyl (C=O) groups is 1. The van der Waals surface area contributed by atoms with Crippen molar-refractivity contribution in [3.63, 3.8) is 0 Å². The van der Waals surface area contributed by atoms with Crippen LogP contribution in [0.15, 0.2) is 77.7 Å². The number of benzene rings is 3. The van der Waals surface area contributed by atoms with Gasteiger partial charge in [-0.25, -0.2) is 8.42 Å². The van der Waals surface area contributed by atoms with Crippen LogP contribution >= 0.6 is 0 Å². The molecule has 0 fully saturated rings. The SMILES string of the molecule is COc1ccc(S(=O)(=O)N(CC(C)C)C[C@@H](O)[C@H](Cc2ccccc2)N(C)C(=O)c2cccc(N(C)C)c2C)cc1. The minimum atomic E-state index is -3.93. The van der Waals surface area contributed by atoms with Crippen LogP contribution in [0.5, 0.6) is 5.75 Å². The smallest absolute Gasteiger partial charge is 0.254 e. The molecule has 0 saturated heterocycles. The minimum absolute atomic E-state index is 0.0126. The number of hydrogen-bond donors (Lipinski definition) is 1. The van der Waals surface area contributed by atoms with E-state index in [0.717, 1.165) is 16.8 Å². The number of likely N-dealkylation sites (N-methyl/N-ethyl adjacent to an activating group) is 1. The Hall–Kier alpha value is -3.40. The van der Waals surface area contributed by atoms with E-state index in [0.29, 0.717) is 17.7 Å². The van der Waals surface area contributed by atoms with Crippen LogP contribution < -0.4 is 9.64 Å². The number of aliphatic hydroxyl groups is 1. The number of sulfonamides is 1. The molecule has 0 unspecified atom stereocenters. The van der Waals surface area contributed by atoms with Crippen LogP contribution in [0.3, 0.4) is 0 Å². The zero-order chi connectivity index (χ0) is 30.3. The lowest BCUT2D eigenvalue weighted by Crippen LogP contribution is -2.51. The number of rotatable bonds is 13. The second-order valence-corrected chi connectivity index (χ2v) is 12.9. The van der Waals surface area contributed by atoms with Crippen molar-refractivity contribution in [3.8, 4) is 5.75 Å². The highest BCUT2D eigenvalue weighted by atomic mass is 32.2. The van der Waals surface area contributed by atoms with Gasteiger partial charge in [0.15, 0.2) is 0 Å². The van der Waals surface area contributed by atoms with Crippen LogP contribution in [0.1, 0.15) is 35.3 Å². The standard InChI is InChI=1S/C32H43N3O5S/c1-23(2)21-35(41(38,39)27-18-16-26(40-7)17-19-27)22-31(36)30(20-25-12-9-8-10-13-25)34(6)32(37)28-14-11-15-29(24(28)3)33(4)5/h8-19,23,30-31,36H,20-22H2,1-7H3/t30-,31+/m0/s1. The van der Waals surface area contributed by atoms with E-state index in [9.17, 15) is 18.3 Å². The van der Waals surface area contributed by atoms with Crippen molar-refractivity contribution >= 4 is 21.6 Å². The third kappa shape index (κ3) is 7.87. The van der Waals surface area contributed by atoms with Gasteiger partial charge in [0.25, 0.3) is 5.91 Å². The molecule has 3 aromatic rings. The Morgan fingerprint density at radius 3 is 2.10 bits per heavy atom. The van der Waals surface area contributed by atoms with Gasteiger partial charge in [0.2, 0.25) is 10.0 Å². The van der Waals surface area contributed by atoms with E-state index in [1.807, 2.05) is 82.2 Å². The highest BCUT2D eigenvalue weighted by Crippen LogP contribution is 2.26. The number of anilines is 1. The number of ether oxygens (including phenoxy) is 1. The monoisotopic (exact) mass is 581 g/mol. The lowest BCUT2D eigenvalue weighted by molar-refractivity contribution is 0.0370. The topological polar surface area (TPSA) is 90.4 Å².